The molecule has 0 bridgehead atoms. The highest BCUT2D eigenvalue weighted by molar-refractivity contribution is 5.79. The van der Waals surface area contributed by atoms with Crippen molar-refractivity contribution in [2.45, 2.75) is 58.9 Å². The summed E-state index contributed by atoms with van der Waals surface area (Å²) in [5, 5.41) is 2.92. The SMILES string of the molecule is Cc1nc(C2CCCN(C(=O)COc3ccccc3)C2)nc(C)c1CC(=O)NC(C)C. The molecule has 0 aliphatic carbocycles. The van der Waals surface area contributed by atoms with Crippen molar-refractivity contribution in [3.63, 3.8) is 0 Å². The van der Waals surface area contributed by atoms with Crippen molar-refractivity contribution in [2.75, 3.05) is 19.7 Å². The van der Waals surface area contributed by atoms with Crippen LogP contribution in [0.1, 0.15) is 55.4 Å². The third-order valence-corrected chi connectivity index (χ3v) is 5.47. The van der Waals surface area contributed by atoms with Crippen molar-refractivity contribution in [3.8, 4) is 5.75 Å². The van der Waals surface area contributed by atoms with Gasteiger partial charge < -0.3 is 15.0 Å². The molecule has 1 aromatic heterocycles. The average molecular weight is 425 g/mol. The second-order valence-electron chi connectivity index (χ2n) is 8.41. The minimum atomic E-state index is -0.0241. The molecule has 0 saturated carbocycles. The van der Waals surface area contributed by atoms with Gasteiger partial charge in [0.15, 0.2) is 6.61 Å². The van der Waals surface area contributed by atoms with E-state index in [9.17, 15) is 9.59 Å². The topological polar surface area (TPSA) is 84.4 Å². The van der Waals surface area contributed by atoms with E-state index in [1.165, 1.54) is 0 Å². The molecule has 1 unspecified atom stereocenters. The Labute approximate surface area is 184 Å². The summed E-state index contributed by atoms with van der Waals surface area (Å²) in [6, 6.07) is 9.47. The minimum Gasteiger partial charge on any atom is -0.484 e. The quantitative estimate of drug-likeness (QED) is 0.739. The van der Waals surface area contributed by atoms with Crippen molar-refractivity contribution in [1.29, 1.82) is 0 Å². The van der Waals surface area contributed by atoms with E-state index in [0.717, 1.165) is 42.2 Å². The van der Waals surface area contributed by atoms with Gasteiger partial charge in [-0.3, -0.25) is 9.59 Å². The number of piperidine rings is 1. The molecule has 31 heavy (non-hydrogen) atoms. The van der Waals surface area contributed by atoms with E-state index in [1.54, 1.807) is 0 Å². The number of likely N-dealkylation sites (tertiary alicyclic amines) is 1. The summed E-state index contributed by atoms with van der Waals surface area (Å²) in [5.41, 5.74) is 2.54. The number of aryl methyl sites for hydroxylation is 2. The number of carbonyl (C=O) groups excluding carboxylic acids is 2. The number of para-hydroxylation sites is 1. The molecule has 1 N–H and O–H groups in total. The number of aromatic nitrogens is 2. The maximum absolute atomic E-state index is 12.7. The van der Waals surface area contributed by atoms with Crippen molar-refractivity contribution < 1.29 is 14.3 Å². The molecule has 0 spiro atoms. The monoisotopic (exact) mass is 424 g/mol. The fourth-order valence-electron chi connectivity index (χ4n) is 3.90. The lowest BCUT2D eigenvalue weighted by Gasteiger charge is -2.32. The highest BCUT2D eigenvalue weighted by Gasteiger charge is 2.27. The molecular weight excluding hydrogens is 392 g/mol. The zero-order chi connectivity index (χ0) is 22.4. The Balaban J connectivity index is 1.64. The maximum Gasteiger partial charge on any atom is 0.260 e. The first-order chi connectivity index (χ1) is 14.8. The van der Waals surface area contributed by atoms with Crippen LogP contribution in [0.5, 0.6) is 5.75 Å². The molecule has 3 rings (SSSR count). The van der Waals surface area contributed by atoms with Crippen LogP contribution in [0.25, 0.3) is 0 Å². The molecule has 1 saturated heterocycles. The van der Waals surface area contributed by atoms with Crippen LogP contribution < -0.4 is 10.1 Å². The van der Waals surface area contributed by atoms with Crippen LogP contribution in [-0.4, -0.2) is 52.4 Å². The van der Waals surface area contributed by atoms with Gasteiger partial charge in [-0.25, -0.2) is 9.97 Å². The van der Waals surface area contributed by atoms with Gasteiger partial charge in [-0.2, -0.15) is 0 Å². The number of ether oxygens (including phenoxy) is 1. The van der Waals surface area contributed by atoms with Crippen molar-refractivity contribution in [1.82, 2.24) is 20.2 Å². The summed E-state index contributed by atoms with van der Waals surface area (Å²) in [5.74, 6) is 1.49. The van der Waals surface area contributed by atoms with E-state index in [0.29, 0.717) is 12.3 Å². The zero-order valence-electron chi connectivity index (χ0n) is 18.9. The van der Waals surface area contributed by atoms with Crippen LogP contribution in [0, 0.1) is 13.8 Å². The first-order valence-electron chi connectivity index (χ1n) is 10.9. The van der Waals surface area contributed by atoms with Gasteiger partial charge in [0, 0.05) is 42.0 Å². The highest BCUT2D eigenvalue weighted by Crippen LogP contribution is 2.26. The van der Waals surface area contributed by atoms with Gasteiger partial charge >= 0.3 is 0 Å². The van der Waals surface area contributed by atoms with E-state index in [2.05, 4.69) is 5.32 Å². The van der Waals surface area contributed by atoms with Crippen molar-refractivity contribution in [3.05, 3.63) is 53.1 Å². The molecule has 2 amide bonds. The number of benzene rings is 1. The van der Waals surface area contributed by atoms with Gasteiger partial charge in [-0.05, 0) is 52.7 Å². The first-order valence-corrected chi connectivity index (χ1v) is 10.9. The number of rotatable bonds is 7. The number of nitrogens with one attached hydrogen (secondary N) is 1. The lowest BCUT2D eigenvalue weighted by molar-refractivity contribution is -0.134. The van der Waals surface area contributed by atoms with Crippen LogP contribution in [0.4, 0.5) is 0 Å². The minimum absolute atomic E-state index is 0.0228. The largest absolute Gasteiger partial charge is 0.484 e. The first kappa shape index (κ1) is 22.7. The fourth-order valence-corrected chi connectivity index (χ4v) is 3.90. The van der Waals surface area contributed by atoms with Gasteiger partial charge in [-0.1, -0.05) is 18.2 Å². The summed E-state index contributed by atoms with van der Waals surface area (Å²) in [7, 11) is 0. The van der Waals surface area contributed by atoms with Crippen LogP contribution in [0.2, 0.25) is 0 Å². The van der Waals surface area contributed by atoms with Crippen LogP contribution >= 0.6 is 0 Å². The number of nitrogens with zero attached hydrogens (tertiary/aromatic N) is 3. The lowest BCUT2D eigenvalue weighted by Crippen LogP contribution is -2.42. The molecular formula is C24H32N4O3. The predicted octanol–water partition coefficient (Wildman–Crippen LogP) is 2.95. The summed E-state index contributed by atoms with van der Waals surface area (Å²) in [6.45, 7) is 9.07. The summed E-state index contributed by atoms with van der Waals surface area (Å²) >= 11 is 0. The Kier molecular flexibility index (Phi) is 7.60. The summed E-state index contributed by atoms with van der Waals surface area (Å²) < 4.78 is 5.62. The molecule has 1 fully saturated rings. The molecule has 0 radical (unpaired) electrons. The van der Waals surface area contributed by atoms with Gasteiger partial charge in [0.05, 0.1) is 6.42 Å². The maximum atomic E-state index is 12.7. The van der Waals surface area contributed by atoms with Gasteiger partial charge in [0.25, 0.3) is 5.91 Å². The Morgan fingerprint density at radius 3 is 2.48 bits per heavy atom. The number of carbonyl (C=O) groups is 2. The molecule has 2 heterocycles. The van der Waals surface area contributed by atoms with Crippen LogP contribution in [0.3, 0.4) is 0 Å². The molecule has 1 aromatic carbocycles. The van der Waals surface area contributed by atoms with Crippen molar-refractivity contribution in [2.24, 2.45) is 0 Å². The van der Waals surface area contributed by atoms with Gasteiger partial charge in [0.2, 0.25) is 5.91 Å². The number of hydrogen-bond donors (Lipinski definition) is 1. The Hall–Kier alpha value is -2.96. The third kappa shape index (κ3) is 6.26. The second-order valence-corrected chi connectivity index (χ2v) is 8.41. The van der Waals surface area contributed by atoms with Gasteiger partial charge in [0.1, 0.15) is 11.6 Å². The van der Waals surface area contributed by atoms with E-state index in [-0.39, 0.29) is 36.8 Å². The third-order valence-electron chi connectivity index (χ3n) is 5.47. The Morgan fingerprint density at radius 2 is 1.84 bits per heavy atom. The zero-order valence-corrected chi connectivity index (χ0v) is 18.9. The molecule has 7 heteroatoms. The van der Waals surface area contributed by atoms with Crippen LogP contribution in [0.15, 0.2) is 30.3 Å². The van der Waals surface area contributed by atoms with Crippen molar-refractivity contribution >= 4 is 11.8 Å². The highest BCUT2D eigenvalue weighted by atomic mass is 16.5. The number of amides is 2. The van der Waals surface area contributed by atoms with Gasteiger partial charge in [-0.15, -0.1) is 0 Å². The summed E-state index contributed by atoms with van der Waals surface area (Å²) in [6.07, 6.45) is 2.12. The Bertz CT molecular complexity index is 891. The van der Waals surface area contributed by atoms with Crippen LogP contribution in [-0.2, 0) is 16.0 Å². The lowest BCUT2D eigenvalue weighted by atomic mass is 9.96. The smallest absolute Gasteiger partial charge is 0.260 e. The molecule has 166 valence electrons. The van der Waals surface area contributed by atoms with E-state index >= 15 is 0 Å². The molecule has 1 aliphatic rings. The molecule has 1 aliphatic heterocycles. The normalized spacial score (nSPS) is 16.3. The second kappa shape index (κ2) is 10.4. The van der Waals surface area contributed by atoms with E-state index in [1.807, 2.05) is 62.9 Å². The fraction of sp³-hybridized carbons (Fsp3) is 0.500. The van der Waals surface area contributed by atoms with E-state index in [4.69, 9.17) is 14.7 Å². The molecule has 1 atom stereocenters. The average Bonchev–Trinajstić information content (AvgIpc) is 2.74. The number of hydrogen-bond acceptors (Lipinski definition) is 5. The molecule has 2 aromatic rings. The standard InChI is InChI=1S/C24H32N4O3/c1-16(2)25-22(29)13-21-17(3)26-24(27-18(21)4)19-9-8-12-28(14-19)23(30)15-31-20-10-6-5-7-11-20/h5-7,10-11,16,19H,8-9,12-15H2,1-4H3,(H,25,29). The summed E-state index contributed by atoms with van der Waals surface area (Å²) in [4.78, 5) is 36.1. The predicted molar refractivity (Wildman–Crippen MR) is 119 cm³/mol. The van der Waals surface area contributed by atoms with E-state index < -0.39 is 0 Å². The Morgan fingerprint density at radius 1 is 1.16 bits per heavy atom. The molecule has 7 nitrogen and oxygen atoms in total.